The lowest BCUT2D eigenvalue weighted by Crippen LogP contribution is -2.17. The summed E-state index contributed by atoms with van der Waals surface area (Å²) in [5.74, 6) is -1.88. The van der Waals surface area contributed by atoms with Crippen molar-refractivity contribution in [3.8, 4) is 5.69 Å². The van der Waals surface area contributed by atoms with Crippen LogP contribution in [-0.2, 0) is 4.79 Å². The van der Waals surface area contributed by atoms with Gasteiger partial charge < -0.3 is 5.11 Å². The van der Waals surface area contributed by atoms with Crippen molar-refractivity contribution in [1.29, 1.82) is 0 Å². The first-order valence-electron chi connectivity index (χ1n) is 5.27. The first-order valence-corrected chi connectivity index (χ1v) is 6.26. The molecule has 100 valence electrons. The Bertz CT molecular complexity index is 680. The van der Waals surface area contributed by atoms with E-state index in [1.54, 1.807) is 13.0 Å². The number of benzene rings is 1. The summed E-state index contributed by atoms with van der Waals surface area (Å²) in [5.41, 5.74) is 0.144. The zero-order valence-electron chi connectivity index (χ0n) is 9.88. The van der Waals surface area contributed by atoms with Crippen molar-refractivity contribution in [2.45, 2.75) is 12.1 Å². The molecule has 0 bridgehead atoms. The highest BCUT2D eigenvalue weighted by molar-refractivity contribution is 7.99. The molecule has 0 unspecified atom stereocenters. The van der Waals surface area contributed by atoms with Gasteiger partial charge in [0.1, 0.15) is 5.82 Å². The van der Waals surface area contributed by atoms with Crippen molar-refractivity contribution in [1.82, 2.24) is 14.8 Å². The fraction of sp³-hybridized carbons (Fsp3) is 0.182. The number of hydrogen-bond donors (Lipinski definition) is 2. The van der Waals surface area contributed by atoms with Crippen LogP contribution >= 0.6 is 11.8 Å². The molecule has 0 aliphatic heterocycles. The van der Waals surface area contributed by atoms with Gasteiger partial charge in [0, 0.05) is 0 Å². The van der Waals surface area contributed by atoms with Crippen LogP contribution in [-0.4, -0.2) is 31.6 Å². The molecule has 2 rings (SSSR count). The molecule has 0 atom stereocenters. The number of nitrogens with one attached hydrogen (secondary N) is 1. The van der Waals surface area contributed by atoms with Gasteiger partial charge in [0.05, 0.1) is 11.4 Å². The van der Waals surface area contributed by atoms with E-state index in [1.165, 1.54) is 12.1 Å². The number of H-pyrrole nitrogens is 1. The van der Waals surface area contributed by atoms with Gasteiger partial charge in [-0.05, 0) is 24.6 Å². The number of rotatable bonds is 4. The minimum Gasteiger partial charge on any atom is -0.481 e. The van der Waals surface area contributed by atoms with E-state index in [4.69, 9.17) is 5.11 Å². The minimum atomic E-state index is -1.05. The van der Waals surface area contributed by atoms with Gasteiger partial charge in [0.25, 0.3) is 0 Å². The quantitative estimate of drug-likeness (QED) is 0.823. The third-order valence-electron chi connectivity index (χ3n) is 2.31. The van der Waals surface area contributed by atoms with Crippen LogP contribution in [0.15, 0.2) is 28.2 Å². The van der Waals surface area contributed by atoms with Crippen molar-refractivity contribution >= 4 is 17.7 Å². The first-order chi connectivity index (χ1) is 8.99. The number of nitrogens with zero attached hydrogens (tertiary/aromatic N) is 2. The van der Waals surface area contributed by atoms with Crippen molar-refractivity contribution in [3.63, 3.8) is 0 Å². The number of halogens is 1. The largest absolute Gasteiger partial charge is 0.481 e. The molecule has 0 spiro atoms. The molecule has 1 heterocycles. The van der Waals surface area contributed by atoms with Crippen molar-refractivity contribution in [2.75, 3.05) is 5.75 Å². The Morgan fingerprint density at radius 2 is 2.32 bits per heavy atom. The monoisotopic (exact) mass is 283 g/mol. The first kappa shape index (κ1) is 13.3. The standard InChI is InChI=1S/C11H10FN3O3S/c1-6-2-3-8(7(12)4-6)15-10(18)13-14-11(15)19-5-9(16)17/h2-4H,5H2,1H3,(H,13,18)(H,16,17). The number of carbonyl (C=O) groups is 1. The van der Waals surface area contributed by atoms with Crippen LogP contribution in [0, 0.1) is 12.7 Å². The Morgan fingerprint density at radius 3 is 2.95 bits per heavy atom. The van der Waals surface area contributed by atoms with Gasteiger partial charge in [0.2, 0.25) is 0 Å². The van der Waals surface area contributed by atoms with Gasteiger partial charge in [-0.2, -0.15) is 0 Å². The molecule has 1 aromatic heterocycles. The Hall–Kier alpha value is -2.09. The second-order valence-corrected chi connectivity index (χ2v) is 4.73. The predicted octanol–water partition coefficient (Wildman–Crippen LogP) is 1.18. The number of carboxylic acids is 1. The lowest BCUT2D eigenvalue weighted by atomic mass is 10.2. The van der Waals surface area contributed by atoms with E-state index in [0.717, 1.165) is 21.9 Å². The van der Waals surface area contributed by atoms with Gasteiger partial charge in [-0.15, -0.1) is 5.10 Å². The van der Waals surface area contributed by atoms with Crippen LogP contribution in [0.1, 0.15) is 5.56 Å². The van der Waals surface area contributed by atoms with Crippen LogP contribution in [0.5, 0.6) is 0 Å². The highest BCUT2D eigenvalue weighted by atomic mass is 32.2. The molecule has 0 aliphatic rings. The predicted molar refractivity (Wildman–Crippen MR) is 67.2 cm³/mol. The van der Waals surface area contributed by atoms with Gasteiger partial charge in [-0.1, -0.05) is 17.8 Å². The van der Waals surface area contributed by atoms with Crippen LogP contribution in [0.3, 0.4) is 0 Å². The maximum absolute atomic E-state index is 13.8. The summed E-state index contributed by atoms with van der Waals surface area (Å²) in [6, 6.07) is 4.40. The van der Waals surface area contributed by atoms with Gasteiger partial charge >= 0.3 is 11.7 Å². The third kappa shape index (κ3) is 2.84. The van der Waals surface area contributed by atoms with E-state index in [0.29, 0.717) is 0 Å². The number of aliphatic carboxylic acids is 1. The molecular weight excluding hydrogens is 273 g/mol. The highest BCUT2D eigenvalue weighted by Gasteiger charge is 2.15. The van der Waals surface area contributed by atoms with E-state index in [-0.39, 0.29) is 16.6 Å². The van der Waals surface area contributed by atoms with Crippen LogP contribution in [0.25, 0.3) is 5.69 Å². The SMILES string of the molecule is Cc1ccc(-n2c(SCC(=O)O)n[nH]c2=O)c(F)c1. The minimum absolute atomic E-state index is 0.0391. The number of aromatic nitrogens is 3. The van der Waals surface area contributed by atoms with E-state index in [1.807, 2.05) is 0 Å². The Labute approximate surface area is 111 Å². The lowest BCUT2D eigenvalue weighted by molar-refractivity contribution is -0.133. The van der Waals surface area contributed by atoms with Crippen molar-refractivity contribution in [2.24, 2.45) is 0 Å². The molecule has 8 heteroatoms. The van der Waals surface area contributed by atoms with Crippen LogP contribution < -0.4 is 5.69 Å². The second-order valence-electron chi connectivity index (χ2n) is 3.78. The number of aryl methyl sites for hydroxylation is 1. The van der Waals surface area contributed by atoms with Crippen LogP contribution in [0.4, 0.5) is 4.39 Å². The lowest BCUT2D eigenvalue weighted by Gasteiger charge is -2.06. The van der Waals surface area contributed by atoms with Crippen LogP contribution in [0.2, 0.25) is 0 Å². The normalized spacial score (nSPS) is 10.6. The van der Waals surface area contributed by atoms with E-state index < -0.39 is 17.5 Å². The Morgan fingerprint density at radius 1 is 1.58 bits per heavy atom. The molecule has 0 radical (unpaired) electrons. The zero-order valence-corrected chi connectivity index (χ0v) is 10.7. The molecule has 0 aliphatic carbocycles. The topological polar surface area (TPSA) is 88.0 Å². The highest BCUT2D eigenvalue weighted by Crippen LogP contribution is 2.20. The van der Waals surface area contributed by atoms with E-state index in [2.05, 4.69) is 10.2 Å². The molecule has 2 N–H and O–H groups in total. The molecule has 2 aromatic rings. The molecule has 0 amide bonds. The molecular formula is C11H10FN3O3S. The summed E-state index contributed by atoms with van der Waals surface area (Å²) >= 11 is 0.838. The molecule has 1 aromatic carbocycles. The number of aromatic amines is 1. The van der Waals surface area contributed by atoms with Gasteiger partial charge in [0.15, 0.2) is 5.16 Å². The maximum Gasteiger partial charge on any atom is 0.348 e. The Balaban J connectivity index is 2.46. The average molecular weight is 283 g/mol. The summed E-state index contributed by atoms with van der Waals surface area (Å²) in [6.45, 7) is 1.73. The number of hydrogen-bond acceptors (Lipinski definition) is 4. The van der Waals surface area contributed by atoms with Gasteiger partial charge in [-0.3, -0.25) is 4.79 Å². The molecule has 0 saturated carbocycles. The molecule has 19 heavy (non-hydrogen) atoms. The Kier molecular flexibility index (Phi) is 3.70. The summed E-state index contributed by atoms with van der Waals surface area (Å²) in [6.07, 6.45) is 0. The summed E-state index contributed by atoms with van der Waals surface area (Å²) in [4.78, 5) is 22.2. The molecule has 0 saturated heterocycles. The second kappa shape index (κ2) is 5.27. The smallest absolute Gasteiger partial charge is 0.348 e. The van der Waals surface area contributed by atoms with Crippen molar-refractivity contribution in [3.05, 3.63) is 40.1 Å². The number of thioether (sulfide) groups is 1. The third-order valence-corrected chi connectivity index (χ3v) is 3.23. The summed E-state index contributed by atoms with van der Waals surface area (Å²) < 4.78 is 14.9. The van der Waals surface area contributed by atoms with Gasteiger partial charge in [-0.25, -0.2) is 18.9 Å². The number of carboxylic acid groups (broad SMARTS) is 1. The zero-order chi connectivity index (χ0) is 14.0. The maximum atomic E-state index is 13.8. The summed E-state index contributed by atoms with van der Waals surface area (Å²) in [7, 11) is 0. The van der Waals surface area contributed by atoms with Crippen molar-refractivity contribution < 1.29 is 14.3 Å². The molecule has 6 nitrogen and oxygen atoms in total. The fourth-order valence-corrected chi connectivity index (χ4v) is 2.18. The fourth-order valence-electron chi connectivity index (χ4n) is 1.51. The average Bonchev–Trinajstić information content (AvgIpc) is 2.68. The van der Waals surface area contributed by atoms with E-state index >= 15 is 0 Å². The van der Waals surface area contributed by atoms with E-state index in [9.17, 15) is 14.0 Å². The summed E-state index contributed by atoms with van der Waals surface area (Å²) in [5, 5.41) is 14.6. The molecule has 0 fully saturated rings.